The maximum absolute atomic E-state index is 11.6. The van der Waals surface area contributed by atoms with E-state index in [1.54, 1.807) is 24.5 Å². The van der Waals surface area contributed by atoms with E-state index in [2.05, 4.69) is 38.8 Å². The van der Waals surface area contributed by atoms with E-state index in [-0.39, 0.29) is 5.91 Å². The van der Waals surface area contributed by atoms with Crippen LogP contribution in [-0.4, -0.2) is 40.5 Å². The predicted octanol–water partition coefficient (Wildman–Crippen LogP) is 2.97. The number of pyridine rings is 3. The number of carbonyl (C=O) groups excluding carboxylic acids is 1. The van der Waals surface area contributed by atoms with E-state index >= 15 is 0 Å². The molecule has 1 saturated carbocycles. The van der Waals surface area contributed by atoms with Gasteiger partial charge in [-0.15, -0.1) is 0 Å². The average Bonchev–Trinajstić information content (AvgIpc) is 3.65. The summed E-state index contributed by atoms with van der Waals surface area (Å²) in [4.78, 5) is 27.3. The molecule has 0 atom stereocenters. The van der Waals surface area contributed by atoms with Crippen molar-refractivity contribution in [3.8, 4) is 17.3 Å². The Labute approximate surface area is 180 Å². The van der Waals surface area contributed by atoms with Crippen LogP contribution in [0.3, 0.4) is 0 Å². The normalized spacial score (nSPS) is 15.8. The first-order valence-electron chi connectivity index (χ1n) is 10.3. The highest BCUT2D eigenvalue weighted by molar-refractivity contribution is 5.82. The molecule has 0 spiro atoms. The highest BCUT2D eigenvalue weighted by Crippen LogP contribution is 2.42. The van der Waals surface area contributed by atoms with Crippen molar-refractivity contribution >= 4 is 23.4 Å². The first-order chi connectivity index (χ1) is 15.2. The number of nitriles is 1. The van der Waals surface area contributed by atoms with Gasteiger partial charge in [0, 0.05) is 31.0 Å². The lowest BCUT2D eigenvalue weighted by molar-refractivity contribution is -0.120. The Bertz CT molecular complexity index is 1170. The zero-order valence-corrected chi connectivity index (χ0v) is 16.9. The molecule has 3 aromatic heterocycles. The molecule has 0 aromatic carbocycles. The van der Waals surface area contributed by atoms with Crippen LogP contribution in [0.5, 0.6) is 0 Å². The second-order valence-corrected chi connectivity index (χ2v) is 7.79. The average molecular weight is 411 g/mol. The Hall–Kier alpha value is -3.99. The number of nitrogens with one attached hydrogen (secondary N) is 2. The summed E-state index contributed by atoms with van der Waals surface area (Å²) in [6, 6.07) is 13.6. The molecule has 0 bridgehead atoms. The third-order valence-electron chi connectivity index (χ3n) is 5.45. The molecular weight excluding hydrogens is 390 g/mol. The topological polar surface area (TPSA) is 107 Å². The number of hydrogen-bond acceptors (Lipinski definition) is 7. The molecule has 1 aliphatic carbocycles. The lowest BCUT2D eigenvalue weighted by atomic mass is 10.1. The van der Waals surface area contributed by atoms with Gasteiger partial charge in [-0.25, -0.2) is 15.0 Å². The number of nitrogens with zero attached hydrogens (tertiary/aromatic N) is 5. The fourth-order valence-corrected chi connectivity index (χ4v) is 3.67. The fraction of sp³-hybridized carbons (Fsp3) is 0.261. The van der Waals surface area contributed by atoms with Gasteiger partial charge in [-0.1, -0.05) is 0 Å². The van der Waals surface area contributed by atoms with Crippen LogP contribution in [0.2, 0.25) is 0 Å². The van der Waals surface area contributed by atoms with Crippen LogP contribution in [0.25, 0.3) is 11.3 Å². The van der Waals surface area contributed by atoms with E-state index in [0.717, 1.165) is 23.6 Å². The monoisotopic (exact) mass is 411 g/mol. The molecule has 31 heavy (non-hydrogen) atoms. The van der Waals surface area contributed by atoms with Crippen LogP contribution in [0.15, 0.2) is 48.8 Å². The summed E-state index contributed by atoms with van der Waals surface area (Å²) < 4.78 is 0. The van der Waals surface area contributed by atoms with E-state index in [9.17, 15) is 4.79 Å². The summed E-state index contributed by atoms with van der Waals surface area (Å²) in [5, 5.41) is 15.2. The first-order valence-corrected chi connectivity index (χ1v) is 10.3. The highest BCUT2D eigenvalue weighted by Gasteiger charge is 2.25. The standard InChI is InChI=1S/C23H21N7O/c24-12-15-5-6-25-20(9-15)29-21-11-18(16-1-2-16)10-19(28-21)17-3-4-22(27-13-17)30-8-7-26-23(31)14-30/h3-6,9-11,13,16H,1-2,7-8,14H2,(H,26,31)(H,25,28,29). The van der Waals surface area contributed by atoms with Crippen molar-refractivity contribution in [2.75, 3.05) is 29.9 Å². The van der Waals surface area contributed by atoms with Crippen LogP contribution in [-0.2, 0) is 4.79 Å². The molecule has 4 heterocycles. The molecular formula is C23H21N7O. The van der Waals surface area contributed by atoms with Crippen LogP contribution in [0, 0.1) is 11.3 Å². The lowest BCUT2D eigenvalue weighted by Crippen LogP contribution is -2.48. The van der Waals surface area contributed by atoms with Gasteiger partial charge in [0.1, 0.15) is 17.5 Å². The summed E-state index contributed by atoms with van der Waals surface area (Å²) in [7, 11) is 0. The largest absolute Gasteiger partial charge is 0.353 e. The maximum atomic E-state index is 11.6. The molecule has 2 N–H and O–H groups in total. The van der Waals surface area contributed by atoms with Gasteiger partial charge in [-0.05, 0) is 60.7 Å². The molecule has 154 valence electrons. The van der Waals surface area contributed by atoms with Crippen molar-refractivity contribution < 1.29 is 4.79 Å². The molecule has 2 aliphatic rings. The maximum Gasteiger partial charge on any atom is 0.239 e. The number of carbonyl (C=O) groups is 1. The van der Waals surface area contributed by atoms with Crippen molar-refractivity contribution in [3.63, 3.8) is 0 Å². The second kappa shape index (κ2) is 8.03. The predicted molar refractivity (Wildman–Crippen MR) is 117 cm³/mol. The van der Waals surface area contributed by atoms with Gasteiger partial charge in [-0.2, -0.15) is 5.26 Å². The van der Waals surface area contributed by atoms with Crippen LogP contribution >= 0.6 is 0 Å². The minimum atomic E-state index is 0.0146. The first kappa shape index (κ1) is 19.0. The Morgan fingerprint density at radius 3 is 2.77 bits per heavy atom. The van der Waals surface area contributed by atoms with Gasteiger partial charge in [0.2, 0.25) is 5.91 Å². The zero-order chi connectivity index (χ0) is 21.2. The van der Waals surface area contributed by atoms with E-state index in [4.69, 9.17) is 10.2 Å². The van der Waals surface area contributed by atoms with Crippen LogP contribution in [0.1, 0.15) is 29.9 Å². The van der Waals surface area contributed by atoms with E-state index in [1.807, 2.05) is 17.0 Å². The van der Waals surface area contributed by atoms with Crippen LogP contribution in [0.4, 0.5) is 17.5 Å². The number of aromatic nitrogens is 3. The number of anilines is 3. The number of rotatable bonds is 5. The van der Waals surface area contributed by atoms with Crippen LogP contribution < -0.4 is 15.5 Å². The molecule has 1 aliphatic heterocycles. The van der Waals surface area contributed by atoms with Gasteiger partial charge in [-0.3, -0.25) is 4.79 Å². The lowest BCUT2D eigenvalue weighted by Gasteiger charge is -2.27. The molecule has 1 amide bonds. The van der Waals surface area contributed by atoms with Crippen molar-refractivity contribution in [2.45, 2.75) is 18.8 Å². The third-order valence-corrected chi connectivity index (χ3v) is 5.45. The van der Waals surface area contributed by atoms with Gasteiger partial charge in [0.25, 0.3) is 0 Å². The number of amides is 1. The fourth-order valence-electron chi connectivity index (χ4n) is 3.67. The van der Waals surface area contributed by atoms with Gasteiger partial charge in [0.05, 0.1) is 23.9 Å². The van der Waals surface area contributed by atoms with E-state index in [1.165, 1.54) is 18.4 Å². The molecule has 3 aromatic rings. The number of piperazine rings is 1. The van der Waals surface area contributed by atoms with Crippen molar-refractivity contribution in [1.29, 1.82) is 5.26 Å². The summed E-state index contributed by atoms with van der Waals surface area (Å²) in [5.74, 6) is 2.63. The quantitative estimate of drug-likeness (QED) is 0.665. The van der Waals surface area contributed by atoms with Crippen molar-refractivity contribution in [2.24, 2.45) is 0 Å². The van der Waals surface area contributed by atoms with Gasteiger partial charge < -0.3 is 15.5 Å². The Balaban J connectivity index is 1.43. The Morgan fingerprint density at radius 1 is 1.13 bits per heavy atom. The Morgan fingerprint density at radius 2 is 2.03 bits per heavy atom. The smallest absolute Gasteiger partial charge is 0.239 e. The van der Waals surface area contributed by atoms with Crippen molar-refractivity contribution in [3.05, 3.63) is 59.9 Å². The zero-order valence-electron chi connectivity index (χ0n) is 16.9. The summed E-state index contributed by atoms with van der Waals surface area (Å²) >= 11 is 0. The van der Waals surface area contributed by atoms with Crippen molar-refractivity contribution in [1.82, 2.24) is 20.3 Å². The van der Waals surface area contributed by atoms with Gasteiger partial charge in [0.15, 0.2) is 0 Å². The molecule has 0 radical (unpaired) electrons. The minimum absolute atomic E-state index is 0.0146. The minimum Gasteiger partial charge on any atom is -0.353 e. The molecule has 2 fully saturated rings. The summed E-state index contributed by atoms with van der Waals surface area (Å²) in [6.45, 7) is 1.70. The third kappa shape index (κ3) is 4.31. The SMILES string of the molecule is N#Cc1ccnc(Nc2cc(C3CC3)cc(-c3ccc(N4CCNC(=O)C4)nc3)n2)c1. The highest BCUT2D eigenvalue weighted by atomic mass is 16.2. The number of hydrogen-bond donors (Lipinski definition) is 2. The molecule has 0 unspecified atom stereocenters. The summed E-state index contributed by atoms with van der Waals surface area (Å²) in [6.07, 6.45) is 5.77. The molecule has 8 heteroatoms. The second-order valence-electron chi connectivity index (χ2n) is 7.79. The molecule has 5 rings (SSSR count). The Kier molecular flexibility index (Phi) is 4.92. The van der Waals surface area contributed by atoms with E-state index < -0.39 is 0 Å². The summed E-state index contributed by atoms with van der Waals surface area (Å²) in [5.41, 5.74) is 3.52. The molecule has 8 nitrogen and oxygen atoms in total. The van der Waals surface area contributed by atoms with E-state index in [0.29, 0.717) is 36.2 Å². The van der Waals surface area contributed by atoms with Gasteiger partial charge >= 0.3 is 0 Å². The molecule has 1 saturated heterocycles.